The molecule has 27 heavy (non-hydrogen) atoms. The first-order valence-corrected chi connectivity index (χ1v) is 8.73. The zero-order valence-electron chi connectivity index (χ0n) is 15.7. The summed E-state index contributed by atoms with van der Waals surface area (Å²) >= 11 is 0. The molecule has 0 unspecified atom stereocenters. The van der Waals surface area contributed by atoms with E-state index < -0.39 is 24.0 Å². The maximum atomic E-state index is 12.1. The molecule has 8 nitrogen and oxygen atoms in total. The van der Waals surface area contributed by atoms with Crippen LogP contribution in [0.4, 0.5) is 4.79 Å². The Labute approximate surface area is 157 Å². The van der Waals surface area contributed by atoms with Gasteiger partial charge in [0.05, 0.1) is 36.9 Å². The van der Waals surface area contributed by atoms with Crippen molar-refractivity contribution in [3.63, 3.8) is 0 Å². The van der Waals surface area contributed by atoms with Gasteiger partial charge in [0, 0.05) is 0 Å². The fraction of sp³-hybridized carbons (Fsp3) is 0.421. The summed E-state index contributed by atoms with van der Waals surface area (Å²) in [7, 11) is 0. The smallest absolute Gasteiger partial charge is 0.338 e. The Kier molecular flexibility index (Phi) is 7.22. The normalized spacial score (nSPS) is 16.3. The van der Waals surface area contributed by atoms with Crippen LogP contribution in [-0.4, -0.2) is 43.8 Å². The second-order valence-corrected chi connectivity index (χ2v) is 6.01. The van der Waals surface area contributed by atoms with Crippen LogP contribution < -0.4 is 15.4 Å². The third kappa shape index (κ3) is 6.02. The number of carbonyl (C=O) groups is 3. The van der Waals surface area contributed by atoms with Crippen molar-refractivity contribution in [2.45, 2.75) is 33.2 Å². The van der Waals surface area contributed by atoms with E-state index >= 15 is 0 Å². The largest absolute Gasteiger partial charge is 0.493 e. The molecule has 1 atom stereocenters. The summed E-state index contributed by atoms with van der Waals surface area (Å²) in [6.45, 7) is 5.45. The van der Waals surface area contributed by atoms with Crippen LogP contribution in [0.1, 0.15) is 25.8 Å². The summed E-state index contributed by atoms with van der Waals surface area (Å²) in [5, 5.41) is 5.07. The molecule has 1 aromatic carbocycles. The lowest BCUT2D eigenvalue weighted by molar-refractivity contribution is -0.144. The van der Waals surface area contributed by atoms with Crippen molar-refractivity contribution in [3.8, 4) is 5.75 Å². The van der Waals surface area contributed by atoms with Gasteiger partial charge in [0.2, 0.25) is 0 Å². The highest BCUT2D eigenvalue weighted by molar-refractivity contribution is 5.94. The topological polar surface area (TPSA) is 103 Å². The van der Waals surface area contributed by atoms with Crippen molar-refractivity contribution in [2.24, 2.45) is 0 Å². The van der Waals surface area contributed by atoms with Gasteiger partial charge >= 0.3 is 18.0 Å². The number of ether oxygens (including phenoxy) is 3. The van der Waals surface area contributed by atoms with E-state index in [0.29, 0.717) is 5.75 Å². The van der Waals surface area contributed by atoms with E-state index in [1.54, 1.807) is 13.8 Å². The number of rotatable bonds is 8. The third-order valence-electron chi connectivity index (χ3n) is 3.84. The van der Waals surface area contributed by atoms with Crippen molar-refractivity contribution < 1.29 is 28.6 Å². The van der Waals surface area contributed by atoms with Crippen molar-refractivity contribution in [3.05, 3.63) is 41.1 Å². The van der Waals surface area contributed by atoms with E-state index in [1.165, 1.54) is 0 Å². The Morgan fingerprint density at radius 1 is 1.15 bits per heavy atom. The van der Waals surface area contributed by atoms with Crippen LogP contribution in [0.15, 0.2) is 35.5 Å². The van der Waals surface area contributed by atoms with Crippen molar-refractivity contribution >= 4 is 18.0 Å². The van der Waals surface area contributed by atoms with Gasteiger partial charge in [-0.05, 0) is 32.9 Å². The molecule has 8 heteroatoms. The minimum atomic E-state index is -0.564. The monoisotopic (exact) mass is 376 g/mol. The van der Waals surface area contributed by atoms with Crippen LogP contribution in [0, 0.1) is 6.92 Å². The molecule has 1 aromatic rings. The molecule has 0 aliphatic carbocycles. The van der Waals surface area contributed by atoms with E-state index in [1.807, 2.05) is 31.2 Å². The third-order valence-corrected chi connectivity index (χ3v) is 3.84. The van der Waals surface area contributed by atoms with Crippen molar-refractivity contribution in [1.29, 1.82) is 0 Å². The molecule has 2 rings (SSSR count). The minimum absolute atomic E-state index is 0.0393. The van der Waals surface area contributed by atoms with Gasteiger partial charge in [0.25, 0.3) is 0 Å². The maximum absolute atomic E-state index is 12.1. The summed E-state index contributed by atoms with van der Waals surface area (Å²) < 4.78 is 15.6. The van der Waals surface area contributed by atoms with Crippen LogP contribution in [0.5, 0.6) is 5.75 Å². The number of nitrogens with one attached hydrogen (secondary N) is 2. The zero-order valence-corrected chi connectivity index (χ0v) is 15.7. The molecular weight excluding hydrogens is 352 g/mol. The summed E-state index contributed by atoms with van der Waals surface area (Å²) in [5.74, 6) is -0.398. The molecule has 0 fully saturated rings. The van der Waals surface area contributed by atoms with Gasteiger partial charge in [-0.2, -0.15) is 0 Å². The number of amides is 2. The molecule has 146 valence electrons. The van der Waals surface area contributed by atoms with Crippen LogP contribution in [-0.2, 0) is 19.1 Å². The van der Waals surface area contributed by atoms with Crippen LogP contribution in [0.2, 0.25) is 0 Å². The zero-order chi connectivity index (χ0) is 19.8. The molecule has 0 radical (unpaired) electrons. The average Bonchev–Trinajstić information content (AvgIpc) is 2.61. The van der Waals surface area contributed by atoms with E-state index in [9.17, 15) is 14.4 Å². The second-order valence-electron chi connectivity index (χ2n) is 6.01. The SMILES string of the molecule is CCOC(=O)C1=C(COC(=O)CCOc2ccc(C)cc2)NC(=O)N[C@H]1C. The van der Waals surface area contributed by atoms with Gasteiger partial charge in [0.15, 0.2) is 0 Å². The minimum Gasteiger partial charge on any atom is -0.493 e. The maximum Gasteiger partial charge on any atom is 0.338 e. The lowest BCUT2D eigenvalue weighted by atomic mass is 10.0. The molecule has 2 amide bonds. The van der Waals surface area contributed by atoms with Gasteiger partial charge in [0.1, 0.15) is 12.4 Å². The van der Waals surface area contributed by atoms with Gasteiger partial charge in [-0.1, -0.05) is 17.7 Å². The lowest BCUT2D eigenvalue weighted by Crippen LogP contribution is -2.50. The van der Waals surface area contributed by atoms with E-state index in [2.05, 4.69) is 10.6 Å². The molecule has 0 spiro atoms. The summed E-state index contributed by atoms with van der Waals surface area (Å²) in [4.78, 5) is 35.7. The highest BCUT2D eigenvalue weighted by Gasteiger charge is 2.30. The van der Waals surface area contributed by atoms with E-state index in [4.69, 9.17) is 14.2 Å². The molecule has 2 N–H and O–H groups in total. The second kappa shape index (κ2) is 9.61. The quantitative estimate of drug-likeness (QED) is 0.671. The first kappa shape index (κ1) is 20.3. The number of urea groups is 1. The molecule has 1 aliphatic rings. The Hall–Kier alpha value is -3.03. The molecule has 0 bridgehead atoms. The van der Waals surface area contributed by atoms with Crippen LogP contribution >= 0.6 is 0 Å². The van der Waals surface area contributed by atoms with Gasteiger partial charge in [-0.15, -0.1) is 0 Å². The highest BCUT2D eigenvalue weighted by atomic mass is 16.5. The van der Waals surface area contributed by atoms with Gasteiger partial charge in [-0.3, -0.25) is 4.79 Å². The van der Waals surface area contributed by atoms with Crippen molar-refractivity contribution in [1.82, 2.24) is 10.6 Å². The van der Waals surface area contributed by atoms with E-state index in [-0.39, 0.29) is 37.5 Å². The van der Waals surface area contributed by atoms with Gasteiger partial charge in [-0.25, -0.2) is 9.59 Å². The van der Waals surface area contributed by atoms with Crippen LogP contribution in [0.3, 0.4) is 0 Å². The number of carbonyl (C=O) groups excluding carboxylic acids is 3. The van der Waals surface area contributed by atoms with Crippen LogP contribution in [0.25, 0.3) is 0 Å². The number of aryl methyl sites for hydroxylation is 1. The predicted molar refractivity (Wildman–Crippen MR) is 97.0 cm³/mol. The lowest BCUT2D eigenvalue weighted by Gasteiger charge is -2.26. The average molecular weight is 376 g/mol. The molecular formula is C19H24N2O6. The Morgan fingerprint density at radius 2 is 1.85 bits per heavy atom. The van der Waals surface area contributed by atoms with Gasteiger partial charge < -0.3 is 24.8 Å². The first-order valence-electron chi connectivity index (χ1n) is 8.73. The molecule has 0 aromatic heterocycles. The number of hydrogen-bond donors (Lipinski definition) is 2. The van der Waals surface area contributed by atoms with Crippen molar-refractivity contribution in [2.75, 3.05) is 19.8 Å². The number of benzene rings is 1. The summed E-state index contributed by atoms with van der Waals surface area (Å²) in [6.07, 6.45) is 0.0393. The highest BCUT2D eigenvalue weighted by Crippen LogP contribution is 2.15. The fourth-order valence-corrected chi connectivity index (χ4v) is 2.50. The predicted octanol–water partition coefficient (Wildman–Crippen LogP) is 1.83. The number of esters is 2. The fourth-order valence-electron chi connectivity index (χ4n) is 2.50. The summed E-state index contributed by atoms with van der Waals surface area (Å²) in [6, 6.07) is 6.46. The number of hydrogen-bond acceptors (Lipinski definition) is 6. The Bertz CT molecular complexity index is 726. The molecule has 1 aliphatic heterocycles. The van der Waals surface area contributed by atoms with E-state index in [0.717, 1.165) is 5.56 Å². The Balaban J connectivity index is 1.88. The molecule has 0 saturated carbocycles. The standard InChI is InChI=1S/C19H24N2O6/c1-4-25-18(23)17-13(3)20-19(24)21-15(17)11-27-16(22)9-10-26-14-7-5-12(2)6-8-14/h5-8,13H,4,9-11H2,1-3H3,(H2,20,21,24)/t13-/m0/s1. The Morgan fingerprint density at radius 3 is 2.52 bits per heavy atom. The molecule has 0 saturated heterocycles. The first-order chi connectivity index (χ1) is 12.9. The summed E-state index contributed by atoms with van der Waals surface area (Å²) in [5.41, 5.74) is 1.57. The molecule has 1 heterocycles.